The molecule has 2 fully saturated rings. The van der Waals surface area contributed by atoms with Crippen LogP contribution in [0.1, 0.15) is 25.5 Å². The molecule has 2 aliphatic rings. The minimum Gasteiger partial charge on any atom is -0.341 e. The molecule has 5 heteroatoms. The summed E-state index contributed by atoms with van der Waals surface area (Å²) in [4.78, 5) is 23.7. The Hall–Kier alpha value is -1.46. The van der Waals surface area contributed by atoms with Gasteiger partial charge in [0.15, 0.2) is 0 Å². The van der Waals surface area contributed by atoms with E-state index < -0.39 is 0 Å². The van der Waals surface area contributed by atoms with Crippen molar-refractivity contribution in [1.29, 1.82) is 0 Å². The van der Waals surface area contributed by atoms with Crippen molar-refractivity contribution in [2.24, 2.45) is 0 Å². The molecule has 2 aliphatic heterocycles. The smallest absolute Gasteiger partial charge is 0.239 e. The summed E-state index contributed by atoms with van der Waals surface area (Å²) in [5.74, 6) is 0.315. The van der Waals surface area contributed by atoms with Crippen LogP contribution in [-0.2, 0) is 11.3 Å². The number of likely N-dealkylation sites (tertiary alicyclic amines) is 1. The van der Waals surface area contributed by atoms with Crippen LogP contribution < -0.4 is 0 Å². The van der Waals surface area contributed by atoms with E-state index >= 15 is 0 Å². The Morgan fingerprint density at radius 2 is 1.86 bits per heavy atom. The van der Waals surface area contributed by atoms with Crippen molar-refractivity contribution in [3.63, 3.8) is 0 Å². The fourth-order valence-corrected chi connectivity index (χ4v) is 3.39. The molecule has 0 radical (unpaired) electrons. The molecule has 1 aromatic rings. The summed E-state index contributed by atoms with van der Waals surface area (Å²) in [5, 5.41) is 0. The second kappa shape index (κ2) is 7.20. The second-order valence-electron chi connectivity index (χ2n) is 6.34. The van der Waals surface area contributed by atoms with Gasteiger partial charge in [0, 0.05) is 52.0 Å². The first-order valence-corrected chi connectivity index (χ1v) is 8.39. The number of aromatic nitrogens is 1. The fraction of sp³-hybridized carbons (Fsp3) is 0.647. The largest absolute Gasteiger partial charge is 0.341 e. The van der Waals surface area contributed by atoms with Crippen molar-refractivity contribution in [3.8, 4) is 0 Å². The summed E-state index contributed by atoms with van der Waals surface area (Å²) in [6.07, 6.45) is 4.18. The topological polar surface area (TPSA) is 39.7 Å². The van der Waals surface area contributed by atoms with Gasteiger partial charge in [-0.3, -0.25) is 19.6 Å². The van der Waals surface area contributed by atoms with Crippen LogP contribution in [0.25, 0.3) is 0 Å². The van der Waals surface area contributed by atoms with E-state index in [0.717, 1.165) is 64.3 Å². The van der Waals surface area contributed by atoms with Crippen LogP contribution >= 0.6 is 0 Å². The van der Waals surface area contributed by atoms with Gasteiger partial charge in [0.05, 0.1) is 11.7 Å². The van der Waals surface area contributed by atoms with Crippen LogP contribution in [0, 0.1) is 0 Å². The van der Waals surface area contributed by atoms with Gasteiger partial charge in [-0.1, -0.05) is 6.07 Å². The van der Waals surface area contributed by atoms with E-state index in [9.17, 15) is 4.79 Å². The van der Waals surface area contributed by atoms with E-state index in [0.29, 0.717) is 5.91 Å². The second-order valence-corrected chi connectivity index (χ2v) is 6.34. The molecule has 1 unspecified atom stereocenters. The predicted octanol–water partition coefficient (Wildman–Crippen LogP) is 1.21. The van der Waals surface area contributed by atoms with Gasteiger partial charge in [0.2, 0.25) is 5.91 Å². The molecule has 5 nitrogen and oxygen atoms in total. The van der Waals surface area contributed by atoms with Crippen molar-refractivity contribution >= 4 is 5.91 Å². The molecule has 22 heavy (non-hydrogen) atoms. The lowest BCUT2D eigenvalue weighted by atomic mass is 10.2. The lowest BCUT2D eigenvalue weighted by Crippen LogP contribution is -2.54. The zero-order valence-corrected chi connectivity index (χ0v) is 13.4. The molecule has 3 rings (SSSR count). The first kappa shape index (κ1) is 15.4. The predicted molar refractivity (Wildman–Crippen MR) is 86.4 cm³/mol. The third kappa shape index (κ3) is 3.65. The Kier molecular flexibility index (Phi) is 5.05. The summed E-state index contributed by atoms with van der Waals surface area (Å²) in [6.45, 7) is 8.81. The highest BCUT2D eigenvalue weighted by molar-refractivity contribution is 5.81. The van der Waals surface area contributed by atoms with Gasteiger partial charge in [-0.15, -0.1) is 0 Å². The standard InChI is InChI=1S/C17H26N4O/c1-15(17(22)21-8-4-5-9-21)20-12-10-19(11-13-20)14-16-6-2-3-7-18-16/h2-3,6-7,15H,4-5,8-14H2,1H3. The maximum Gasteiger partial charge on any atom is 0.239 e. The van der Waals surface area contributed by atoms with Crippen LogP contribution in [-0.4, -0.2) is 70.9 Å². The molecule has 1 atom stereocenters. The monoisotopic (exact) mass is 302 g/mol. The summed E-state index contributed by atoms with van der Waals surface area (Å²) in [5.41, 5.74) is 1.12. The molecule has 120 valence electrons. The van der Waals surface area contributed by atoms with Crippen molar-refractivity contribution in [3.05, 3.63) is 30.1 Å². The third-order valence-corrected chi connectivity index (χ3v) is 4.84. The van der Waals surface area contributed by atoms with E-state index in [-0.39, 0.29) is 6.04 Å². The quantitative estimate of drug-likeness (QED) is 0.838. The summed E-state index contributed by atoms with van der Waals surface area (Å²) in [7, 11) is 0. The van der Waals surface area contributed by atoms with Crippen molar-refractivity contribution in [2.75, 3.05) is 39.3 Å². The van der Waals surface area contributed by atoms with Crippen LogP contribution in [0.2, 0.25) is 0 Å². The minimum absolute atomic E-state index is 0.0232. The zero-order chi connectivity index (χ0) is 15.4. The molecule has 0 aromatic carbocycles. The summed E-state index contributed by atoms with van der Waals surface area (Å²) >= 11 is 0. The molecule has 1 aromatic heterocycles. The van der Waals surface area contributed by atoms with E-state index in [1.54, 1.807) is 0 Å². The lowest BCUT2D eigenvalue weighted by Gasteiger charge is -2.38. The van der Waals surface area contributed by atoms with Crippen LogP contribution in [0.4, 0.5) is 0 Å². The summed E-state index contributed by atoms with van der Waals surface area (Å²) < 4.78 is 0. The van der Waals surface area contributed by atoms with Gasteiger partial charge < -0.3 is 4.90 Å². The van der Waals surface area contributed by atoms with E-state index in [1.165, 1.54) is 0 Å². The summed E-state index contributed by atoms with van der Waals surface area (Å²) in [6, 6.07) is 6.09. The van der Waals surface area contributed by atoms with Crippen molar-refractivity contribution < 1.29 is 4.79 Å². The molecular formula is C17H26N4O. The number of rotatable bonds is 4. The van der Waals surface area contributed by atoms with Gasteiger partial charge in [-0.25, -0.2) is 0 Å². The molecule has 2 saturated heterocycles. The number of nitrogens with zero attached hydrogens (tertiary/aromatic N) is 4. The zero-order valence-electron chi connectivity index (χ0n) is 13.4. The fourth-order valence-electron chi connectivity index (χ4n) is 3.39. The molecule has 3 heterocycles. The van der Waals surface area contributed by atoms with Gasteiger partial charge in [0.25, 0.3) is 0 Å². The van der Waals surface area contributed by atoms with E-state index in [1.807, 2.05) is 23.2 Å². The molecule has 0 N–H and O–H groups in total. The average molecular weight is 302 g/mol. The number of hydrogen-bond donors (Lipinski definition) is 0. The number of pyridine rings is 1. The lowest BCUT2D eigenvalue weighted by molar-refractivity contribution is -0.136. The number of hydrogen-bond acceptors (Lipinski definition) is 4. The number of carbonyl (C=O) groups is 1. The third-order valence-electron chi connectivity index (χ3n) is 4.84. The highest BCUT2D eigenvalue weighted by atomic mass is 16.2. The van der Waals surface area contributed by atoms with Crippen LogP contribution in [0.15, 0.2) is 24.4 Å². The highest BCUT2D eigenvalue weighted by Gasteiger charge is 2.29. The SMILES string of the molecule is CC(C(=O)N1CCCC1)N1CCN(Cc2ccccn2)CC1. The maximum absolute atomic E-state index is 12.5. The van der Waals surface area contributed by atoms with E-state index in [4.69, 9.17) is 0 Å². The molecule has 0 bridgehead atoms. The molecule has 0 saturated carbocycles. The minimum atomic E-state index is 0.0232. The van der Waals surface area contributed by atoms with Gasteiger partial charge in [-0.05, 0) is 31.9 Å². The number of amides is 1. The van der Waals surface area contributed by atoms with E-state index in [2.05, 4.69) is 27.8 Å². The Balaban J connectivity index is 1.47. The normalized spacial score (nSPS) is 22.0. The van der Waals surface area contributed by atoms with Gasteiger partial charge in [-0.2, -0.15) is 0 Å². The molecular weight excluding hydrogens is 276 g/mol. The van der Waals surface area contributed by atoms with Gasteiger partial charge >= 0.3 is 0 Å². The van der Waals surface area contributed by atoms with Crippen molar-refractivity contribution in [1.82, 2.24) is 19.7 Å². The maximum atomic E-state index is 12.5. The van der Waals surface area contributed by atoms with Crippen LogP contribution in [0.3, 0.4) is 0 Å². The highest BCUT2D eigenvalue weighted by Crippen LogP contribution is 2.14. The molecule has 0 spiro atoms. The average Bonchev–Trinajstić information content (AvgIpc) is 3.10. The first-order chi connectivity index (χ1) is 10.7. The Morgan fingerprint density at radius 3 is 2.50 bits per heavy atom. The number of piperazine rings is 1. The number of carbonyl (C=O) groups excluding carboxylic acids is 1. The molecule has 0 aliphatic carbocycles. The Morgan fingerprint density at radius 1 is 1.14 bits per heavy atom. The molecule has 1 amide bonds. The Bertz CT molecular complexity index is 479. The Labute approximate surface area is 132 Å². The van der Waals surface area contributed by atoms with Crippen LogP contribution in [0.5, 0.6) is 0 Å². The first-order valence-electron chi connectivity index (χ1n) is 8.39. The van der Waals surface area contributed by atoms with Gasteiger partial charge in [0.1, 0.15) is 0 Å². The van der Waals surface area contributed by atoms with Crippen molar-refractivity contribution in [2.45, 2.75) is 32.4 Å².